The van der Waals surface area contributed by atoms with Crippen molar-refractivity contribution >= 4 is 17.6 Å². The first kappa shape index (κ1) is 18.2. The zero-order valence-corrected chi connectivity index (χ0v) is 14.1. The number of nitrogen functional groups attached to an aromatic ring is 2. The Kier molecular flexibility index (Phi) is 5.89. The Morgan fingerprint density at radius 3 is 2.28 bits per heavy atom. The molecule has 0 bridgehead atoms. The normalized spacial score (nSPS) is 10.3. The molecule has 0 heterocycles. The minimum absolute atomic E-state index is 0.0300. The number of ether oxygens (including phenoxy) is 1. The lowest BCUT2D eigenvalue weighted by molar-refractivity contribution is -0.134. The molecule has 6 N–H and O–H groups in total. The summed E-state index contributed by atoms with van der Waals surface area (Å²) in [5.74, 6) is -0.0942. The largest absolute Gasteiger partial charge is 0.426 e. The summed E-state index contributed by atoms with van der Waals surface area (Å²) in [4.78, 5) is 12.0. The number of benzene rings is 2. The van der Waals surface area contributed by atoms with Crippen molar-refractivity contribution in [3.05, 3.63) is 53.6 Å². The molecule has 0 saturated carbocycles. The van der Waals surface area contributed by atoms with Gasteiger partial charge < -0.3 is 16.2 Å². The minimum Gasteiger partial charge on any atom is -0.426 e. The number of hydrogen-bond acceptors (Lipinski definition) is 4. The average Bonchev–Trinajstić information content (AvgIpc) is 2.59. The van der Waals surface area contributed by atoms with Crippen molar-refractivity contribution in [2.75, 3.05) is 0 Å². The predicted octanol–water partition coefficient (Wildman–Crippen LogP) is 3.02. The van der Waals surface area contributed by atoms with E-state index in [2.05, 4.69) is 0 Å². The van der Waals surface area contributed by atoms with Crippen LogP contribution in [0.1, 0.15) is 37.3 Å². The number of carbonyl (C=O) groups is 1. The molecule has 0 unspecified atom stereocenters. The summed E-state index contributed by atoms with van der Waals surface area (Å²) in [6, 6.07) is 12.0. The lowest BCUT2D eigenvalue weighted by Gasteiger charge is -2.15. The molecule has 2 aromatic rings. The SMILES string of the molecule is CCCCC(=O)Oc1cccc(C(=N)N)c1-c1ccc(C(=N)N)cc1. The highest BCUT2D eigenvalue weighted by Gasteiger charge is 2.16. The summed E-state index contributed by atoms with van der Waals surface area (Å²) >= 11 is 0. The summed E-state index contributed by atoms with van der Waals surface area (Å²) in [6.07, 6.45) is 2.00. The molecule has 0 aliphatic heterocycles. The number of esters is 1. The van der Waals surface area contributed by atoms with Gasteiger partial charge in [-0.3, -0.25) is 15.6 Å². The molecule has 0 saturated heterocycles. The van der Waals surface area contributed by atoms with Gasteiger partial charge in [0.25, 0.3) is 0 Å². The van der Waals surface area contributed by atoms with Crippen LogP contribution in [0.3, 0.4) is 0 Å². The van der Waals surface area contributed by atoms with E-state index in [-0.39, 0.29) is 17.6 Å². The number of hydrogen-bond donors (Lipinski definition) is 4. The second kappa shape index (κ2) is 8.10. The Labute approximate surface area is 146 Å². The summed E-state index contributed by atoms with van der Waals surface area (Å²) in [5.41, 5.74) is 13.6. The molecule has 6 heteroatoms. The maximum atomic E-state index is 12.0. The first-order valence-corrected chi connectivity index (χ1v) is 8.07. The van der Waals surface area contributed by atoms with E-state index < -0.39 is 0 Å². The van der Waals surface area contributed by atoms with Gasteiger partial charge >= 0.3 is 5.97 Å². The minimum atomic E-state index is -0.316. The monoisotopic (exact) mass is 338 g/mol. The predicted molar refractivity (Wildman–Crippen MR) is 99.1 cm³/mol. The van der Waals surface area contributed by atoms with E-state index in [9.17, 15) is 4.79 Å². The van der Waals surface area contributed by atoms with E-state index >= 15 is 0 Å². The van der Waals surface area contributed by atoms with Gasteiger partial charge in [0.1, 0.15) is 17.4 Å². The Morgan fingerprint density at radius 2 is 1.72 bits per heavy atom. The van der Waals surface area contributed by atoms with E-state index in [1.54, 1.807) is 42.5 Å². The van der Waals surface area contributed by atoms with Crippen LogP contribution in [0, 0.1) is 10.8 Å². The van der Waals surface area contributed by atoms with Gasteiger partial charge in [-0.15, -0.1) is 0 Å². The molecular weight excluding hydrogens is 316 g/mol. The quantitative estimate of drug-likeness (QED) is 0.268. The lowest BCUT2D eigenvalue weighted by Crippen LogP contribution is -2.15. The molecule has 0 aromatic heterocycles. The third kappa shape index (κ3) is 4.44. The molecule has 130 valence electrons. The summed E-state index contributed by atoms with van der Waals surface area (Å²) in [6.45, 7) is 2.01. The van der Waals surface area contributed by atoms with E-state index in [0.29, 0.717) is 28.9 Å². The fourth-order valence-electron chi connectivity index (χ4n) is 2.45. The number of nitrogens with two attached hydrogens (primary N) is 2. The highest BCUT2D eigenvalue weighted by Crippen LogP contribution is 2.34. The van der Waals surface area contributed by atoms with Gasteiger partial charge in [-0.05, 0) is 18.1 Å². The van der Waals surface area contributed by atoms with E-state index in [0.717, 1.165) is 18.4 Å². The van der Waals surface area contributed by atoms with Crippen molar-refractivity contribution in [1.29, 1.82) is 10.8 Å². The molecule has 0 aliphatic rings. The molecule has 6 nitrogen and oxygen atoms in total. The van der Waals surface area contributed by atoms with Crippen molar-refractivity contribution < 1.29 is 9.53 Å². The van der Waals surface area contributed by atoms with E-state index in [4.69, 9.17) is 27.0 Å². The zero-order chi connectivity index (χ0) is 18.4. The summed E-state index contributed by atoms with van der Waals surface area (Å²) in [5, 5.41) is 15.3. The van der Waals surface area contributed by atoms with Gasteiger partial charge in [0, 0.05) is 23.1 Å². The number of carbonyl (C=O) groups excluding carboxylic acids is 1. The number of nitrogens with one attached hydrogen (secondary N) is 2. The van der Waals surface area contributed by atoms with Crippen LogP contribution >= 0.6 is 0 Å². The number of rotatable bonds is 7. The maximum Gasteiger partial charge on any atom is 0.311 e. The maximum absolute atomic E-state index is 12.0. The van der Waals surface area contributed by atoms with Crippen LogP contribution in [-0.4, -0.2) is 17.6 Å². The number of unbranched alkanes of at least 4 members (excludes halogenated alkanes) is 1. The Balaban J connectivity index is 2.47. The van der Waals surface area contributed by atoms with Crippen LogP contribution < -0.4 is 16.2 Å². The van der Waals surface area contributed by atoms with Crippen molar-refractivity contribution in [3.8, 4) is 16.9 Å². The van der Waals surface area contributed by atoms with Crippen LogP contribution in [0.15, 0.2) is 42.5 Å². The third-order valence-corrected chi connectivity index (χ3v) is 3.76. The Morgan fingerprint density at radius 1 is 1.04 bits per heavy atom. The van der Waals surface area contributed by atoms with Crippen molar-refractivity contribution in [1.82, 2.24) is 0 Å². The Bertz CT molecular complexity index is 798. The smallest absolute Gasteiger partial charge is 0.311 e. The molecule has 0 atom stereocenters. The van der Waals surface area contributed by atoms with Crippen LogP contribution in [0.25, 0.3) is 11.1 Å². The van der Waals surface area contributed by atoms with Gasteiger partial charge in [0.2, 0.25) is 0 Å². The van der Waals surface area contributed by atoms with Gasteiger partial charge in [-0.1, -0.05) is 49.7 Å². The average molecular weight is 338 g/mol. The van der Waals surface area contributed by atoms with Crippen LogP contribution in [0.5, 0.6) is 5.75 Å². The van der Waals surface area contributed by atoms with Crippen LogP contribution in [0.4, 0.5) is 0 Å². The van der Waals surface area contributed by atoms with E-state index in [1.165, 1.54) is 0 Å². The van der Waals surface area contributed by atoms with Crippen LogP contribution in [-0.2, 0) is 4.79 Å². The van der Waals surface area contributed by atoms with Gasteiger partial charge in [-0.25, -0.2) is 0 Å². The zero-order valence-electron chi connectivity index (χ0n) is 14.1. The van der Waals surface area contributed by atoms with Crippen molar-refractivity contribution in [3.63, 3.8) is 0 Å². The molecule has 25 heavy (non-hydrogen) atoms. The molecule has 0 spiro atoms. The van der Waals surface area contributed by atoms with Gasteiger partial charge in [-0.2, -0.15) is 0 Å². The topological polar surface area (TPSA) is 126 Å². The standard InChI is InChI=1S/C19H22N4O2/c1-2-3-7-16(24)25-15-6-4-5-14(19(22)23)17(15)12-8-10-13(11-9-12)18(20)21/h4-6,8-11H,2-3,7H2,1H3,(H3,20,21)(H3,22,23). The Hall–Kier alpha value is -3.15. The highest BCUT2D eigenvalue weighted by atomic mass is 16.5. The van der Waals surface area contributed by atoms with Crippen LogP contribution in [0.2, 0.25) is 0 Å². The molecule has 0 amide bonds. The molecule has 0 aliphatic carbocycles. The summed E-state index contributed by atoms with van der Waals surface area (Å²) in [7, 11) is 0. The molecular formula is C19H22N4O2. The third-order valence-electron chi connectivity index (χ3n) is 3.76. The number of amidine groups is 2. The van der Waals surface area contributed by atoms with E-state index in [1.807, 2.05) is 6.92 Å². The first-order valence-electron chi connectivity index (χ1n) is 8.07. The first-order chi connectivity index (χ1) is 11.9. The van der Waals surface area contributed by atoms with Gasteiger partial charge in [0.05, 0.1) is 0 Å². The molecule has 0 fully saturated rings. The molecule has 2 aromatic carbocycles. The second-order valence-corrected chi connectivity index (χ2v) is 5.66. The van der Waals surface area contributed by atoms with Crippen molar-refractivity contribution in [2.45, 2.75) is 26.2 Å². The van der Waals surface area contributed by atoms with Gasteiger partial charge in [0.15, 0.2) is 0 Å². The molecule has 0 radical (unpaired) electrons. The molecule has 2 rings (SSSR count). The fourth-order valence-corrected chi connectivity index (χ4v) is 2.45. The lowest BCUT2D eigenvalue weighted by atomic mass is 9.96. The van der Waals surface area contributed by atoms with Crippen molar-refractivity contribution in [2.24, 2.45) is 11.5 Å². The second-order valence-electron chi connectivity index (χ2n) is 5.66. The summed E-state index contributed by atoms with van der Waals surface area (Å²) < 4.78 is 5.51. The fraction of sp³-hybridized carbons (Fsp3) is 0.211. The highest BCUT2D eigenvalue weighted by molar-refractivity contribution is 6.03.